The van der Waals surface area contributed by atoms with Gasteiger partial charge in [0.25, 0.3) is 0 Å². The van der Waals surface area contributed by atoms with Gasteiger partial charge in [0, 0.05) is 41.0 Å². The molecular formula is C24H19Cl6Sb. The predicted octanol–water partition coefficient (Wildman–Crippen LogP) is 6.06. The molecule has 2 aliphatic rings. The molecule has 0 unspecified atom stereocenters. The molecule has 2 aliphatic carbocycles. The molecule has 0 saturated carbocycles. The SMILES string of the molecule is Cc1ccc(C(=C2C=CC=C3C=CC=C[C+]32)c2ccccc2)cc1.[Cl-].[Cl][Sb]([Cl])([Cl])([Cl])[Cl]. The summed E-state index contributed by atoms with van der Waals surface area (Å²) < 4.78 is 0. The van der Waals surface area contributed by atoms with Crippen LogP contribution in [0.5, 0.6) is 0 Å². The van der Waals surface area contributed by atoms with E-state index in [1.807, 2.05) is 0 Å². The van der Waals surface area contributed by atoms with Gasteiger partial charge < -0.3 is 12.4 Å². The molecule has 0 fully saturated rings. The van der Waals surface area contributed by atoms with Gasteiger partial charge in [-0.1, -0.05) is 35.9 Å². The Labute approximate surface area is 209 Å². The molecule has 2 aromatic rings. The Hall–Kier alpha value is -0.432. The fourth-order valence-corrected chi connectivity index (χ4v) is 3.25. The minimum atomic E-state index is -4.33. The van der Waals surface area contributed by atoms with Crippen LogP contribution in [0, 0.1) is 12.8 Å². The van der Waals surface area contributed by atoms with Crippen molar-refractivity contribution in [1.29, 1.82) is 0 Å². The summed E-state index contributed by atoms with van der Waals surface area (Å²) in [6.07, 6.45) is 15.2. The summed E-state index contributed by atoms with van der Waals surface area (Å²) in [6.45, 7) is 2.13. The van der Waals surface area contributed by atoms with Crippen molar-refractivity contribution in [3.63, 3.8) is 0 Å². The van der Waals surface area contributed by atoms with Gasteiger partial charge in [0.2, 0.25) is 0 Å². The third-order valence-electron chi connectivity index (χ3n) is 4.46. The second-order valence-electron chi connectivity index (χ2n) is 6.77. The summed E-state index contributed by atoms with van der Waals surface area (Å²) in [5.74, 6) is 1.29. The number of benzene rings is 2. The molecule has 0 radical (unpaired) electrons. The van der Waals surface area contributed by atoms with Crippen molar-refractivity contribution in [2.24, 2.45) is 0 Å². The quantitative estimate of drug-likeness (QED) is 0.276. The van der Waals surface area contributed by atoms with E-state index < -0.39 is 11.7 Å². The number of hydrogen-bond donors (Lipinski definition) is 0. The van der Waals surface area contributed by atoms with Crippen LogP contribution in [-0.2, 0) is 0 Å². The number of rotatable bonds is 2. The maximum absolute atomic E-state index is 5.05. The zero-order valence-electron chi connectivity index (χ0n) is 16.5. The van der Waals surface area contributed by atoms with Crippen molar-refractivity contribution < 1.29 is 12.4 Å². The molecule has 0 heterocycles. The molecule has 0 N–H and O–H groups in total. The maximum atomic E-state index is 5.05. The number of allylic oxidation sites excluding steroid dienone is 9. The van der Waals surface area contributed by atoms with Gasteiger partial charge in [-0.3, -0.25) is 0 Å². The van der Waals surface area contributed by atoms with Crippen LogP contribution in [0.15, 0.2) is 108 Å². The molecule has 0 atom stereocenters. The first-order valence-corrected chi connectivity index (χ1v) is 25.3. The van der Waals surface area contributed by atoms with Crippen molar-refractivity contribution >= 4 is 61.4 Å². The minimum absolute atomic E-state index is 0. The van der Waals surface area contributed by atoms with E-state index in [2.05, 4.69) is 104 Å². The van der Waals surface area contributed by atoms with E-state index >= 15 is 0 Å². The second kappa shape index (κ2) is 11.1. The second-order valence-corrected chi connectivity index (χ2v) is 44.7. The zero-order chi connectivity index (χ0) is 21.8. The molecule has 0 aromatic heterocycles. The summed E-state index contributed by atoms with van der Waals surface area (Å²) in [6, 6.07) is 19.5. The average molecular weight is 642 g/mol. The van der Waals surface area contributed by atoms with Gasteiger partial charge in [0.05, 0.1) is 17.1 Å². The molecule has 0 bridgehead atoms. The molecule has 4 rings (SSSR count). The number of aryl methyl sites for hydroxylation is 1. The van der Waals surface area contributed by atoms with Crippen molar-refractivity contribution in [3.05, 3.63) is 131 Å². The van der Waals surface area contributed by atoms with Crippen molar-refractivity contribution in [2.45, 2.75) is 6.92 Å². The van der Waals surface area contributed by atoms with Crippen molar-refractivity contribution in [3.8, 4) is 0 Å². The fraction of sp³-hybridized carbons (Fsp3) is 0.0417. The summed E-state index contributed by atoms with van der Waals surface area (Å²) in [7, 11) is 25.2. The van der Waals surface area contributed by atoms with Gasteiger partial charge in [-0.15, -0.1) is 0 Å². The summed E-state index contributed by atoms with van der Waals surface area (Å²) >= 11 is -4.33. The first-order valence-electron chi connectivity index (χ1n) is 9.15. The predicted molar refractivity (Wildman–Crippen MR) is 137 cm³/mol. The third-order valence-corrected chi connectivity index (χ3v) is 4.46. The molecule has 162 valence electrons. The molecule has 0 amide bonds. The van der Waals surface area contributed by atoms with Gasteiger partial charge >= 0.3 is 55.8 Å². The Morgan fingerprint density at radius 2 is 1.32 bits per heavy atom. The third kappa shape index (κ3) is 8.79. The van der Waals surface area contributed by atoms with Crippen LogP contribution in [0.3, 0.4) is 0 Å². The van der Waals surface area contributed by atoms with Crippen LogP contribution in [0.4, 0.5) is 0 Å². The summed E-state index contributed by atoms with van der Waals surface area (Å²) in [5.41, 5.74) is 7.62. The Balaban J connectivity index is 0.000000433. The molecule has 7 heteroatoms. The molecular weight excluding hydrogens is 623 g/mol. The van der Waals surface area contributed by atoms with E-state index in [-0.39, 0.29) is 12.4 Å². The molecule has 31 heavy (non-hydrogen) atoms. The normalized spacial score (nSPS) is 17.3. The van der Waals surface area contributed by atoms with E-state index in [4.69, 9.17) is 44.1 Å². The standard InChI is InChI=1S/C24H19.6ClH.Sb/c1-18-14-16-21(17-15-18)24(20-9-3-2-4-10-20)23-13-7-11-19-8-5-6-12-22(19)23;;;;;;;/h2-17H,1H3;6*1H;/q+1;;;;;;;+5/p-6. The van der Waals surface area contributed by atoms with Crippen LogP contribution in [-0.4, -0.2) is 11.7 Å². The molecule has 2 aromatic carbocycles. The van der Waals surface area contributed by atoms with Crippen LogP contribution in [0.2, 0.25) is 0 Å². The molecule has 0 aliphatic heterocycles. The fourth-order valence-electron chi connectivity index (χ4n) is 3.25. The first-order chi connectivity index (χ1) is 14.1. The molecule has 0 saturated heterocycles. The van der Waals surface area contributed by atoms with Crippen LogP contribution in [0.25, 0.3) is 5.57 Å². The Morgan fingerprint density at radius 3 is 1.94 bits per heavy atom. The van der Waals surface area contributed by atoms with E-state index in [0.29, 0.717) is 0 Å². The zero-order valence-corrected chi connectivity index (χ0v) is 23.5. The Kier molecular flexibility index (Phi) is 9.63. The van der Waals surface area contributed by atoms with E-state index in [1.54, 1.807) is 0 Å². The van der Waals surface area contributed by atoms with Crippen molar-refractivity contribution in [2.75, 3.05) is 0 Å². The van der Waals surface area contributed by atoms with Crippen LogP contribution in [0.1, 0.15) is 16.7 Å². The molecule has 0 spiro atoms. The van der Waals surface area contributed by atoms with Gasteiger partial charge in [-0.2, -0.15) is 0 Å². The van der Waals surface area contributed by atoms with E-state index in [0.717, 1.165) is 0 Å². The first kappa shape index (κ1) is 26.8. The monoisotopic (exact) mass is 638 g/mol. The van der Waals surface area contributed by atoms with E-state index in [9.17, 15) is 0 Å². The Morgan fingerprint density at radius 1 is 0.742 bits per heavy atom. The topological polar surface area (TPSA) is 0 Å². The van der Waals surface area contributed by atoms with Gasteiger partial charge in [-0.05, 0) is 49.4 Å². The van der Waals surface area contributed by atoms with Crippen LogP contribution >= 0.6 is 44.1 Å². The number of hydrogen-bond acceptors (Lipinski definition) is 0. The van der Waals surface area contributed by atoms with Crippen LogP contribution < -0.4 is 12.4 Å². The van der Waals surface area contributed by atoms with E-state index in [1.165, 1.54) is 39.3 Å². The number of halogens is 6. The Bertz CT molecular complexity index is 1040. The molecule has 0 nitrogen and oxygen atoms in total. The van der Waals surface area contributed by atoms with Crippen molar-refractivity contribution in [1.82, 2.24) is 0 Å². The van der Waals surface area contributed by atoms with Gasteiger partial charge in [0.1, 0.15) is 0 Å². The van der Waals surface area contributed by atoms with Gasteiger partial charge in [-0.25, -0.2) is 0 Å². The average Bonchev–Trinajstić information content (AvgIpc) is 2.69. The number of fused-ring (bicyclic) bond motifs is 1. The van der Waals surface area contributed by atoms with Gasteiger partial charge in [0.15, 0.2) is 0 Å². The summed E-state index contributed by atoms with van der Waals surface area (Å²) in [4.78, 5) is 0. The summed E-state index contributed by atoms with van der Waals surface area (Å²) in [5, 5.41) is 0.